The van der Waals surface area contributed by atoms with Gasteiger partial charge >= 0.3 is 0 Å². The summed E-state index contributed by atoms with van der Waals surface area (Å²) in [6, 6.07) is 9.30. The second-order valence-electron chi connectivity index (χ2n) is 11.5. The number of hydrogen-bond donors (Lipinski definition) is 2. The van der Waals surface area contributed by atoms with Gasteiger partial charge in [-0.05, 0) is 68.3 Å². The first-order valence-electron chi connectivity index (χ1n) is 14.6. The SMILES string of the molecule is CN1CCN(C(=O)CCc2c(/C=C3\C(=O)Nc4ccc(S(=O)(=O)Cc5c(Cl)cccc5Cl)cc43)[nH]c3c2C(=O)CCC3)CC1. The highest BCUT2D eigenvalue weighted by Crippen LogP contribution is 2.38. The maximum atomic E-state index is 13.4. The lowest BCUT2D eigenvalue weighted by Gasteiger charge is -2.32. The van der Waals surface area contributed by atoms with E-state index in [2.05, 4.69) is 15.2 Å². The number of aromatic amines is 1. The number of H-pyrrole nitrogens is 1. The van der Waals surface area contributed by atoms with Gasteiger partial charge in [-0.3, -0.25) is 14.4 Å². The van der Waals surface area contributed by atoms with Crippen LogP contribution < -0.4 is 5.32 Å². The first-order chi connectivity index (χ1) is 21.0. The molecule has 2 aromatic carbocycles. The number of rotatable bonds is 7. The van der Waals surface area contributed by atoms with Gasteiger partial charge in [-0.15, -0.1) is 0 Å². The van der Waals surface area contributed by atoms with Crippen LogP contribution in [0.2, 0.25) is 10.0 Å². The van der Waals surface area contributed by atoms with Crippen LogP contribution >= 0.6 is 23.2 Å². The third-order valence-corrected chi connectivity index (χ3v) is 10.9. The fourth-order valence-electron chi connectivity index (χ4n) is 6.11. The van der Waals surface area contributed by atoms with Gasteiger partial charge in [-0.1, -0.05) is 29.3 Å². The van der Waals surface area contributed by atoms with Crippen LogP contribution in [0.25, 0.3) is 11.6 Å². The summed E-state index contributed by atoms with van der Waals surface area (Å²) in [6.07, 6.45) is 4.11. The summed E-state index contributed by atoms with van der Waals surface area (Å²) in [7, 11) is -1.85. The zero-order chi connectivity index (χ0) is 31.2. The number of aromatic nitrogens is 1. The van der Waals surface area contributed by atoms with E-state index >= 15 is 0 Å². The summed E-state index contributed by atoms with van der Waals surface area (Å²) >= 11 is 12.5. The summed E-state index contributed by atoms with van der Waals surface area (Å²) in [5.41, 5.74) is 4.21. The molecular formula is C32H32Cl2N4O5S. The number of Topliss-reactive ketones (excluding diaryl/α,β-unsaturated/α-hetero) is 1. The number of aryl methyl sites for hydroxylation is 1. The Morgan fingerprint density at radius 3 is 2.45 bits per heavy atom. The lowest BCUT2D eigenvalue weighted by atomic mass is 9.91. The summed E-state index contributed by atoms with van der Waals surface area (Å²) < 4.78 is 26.9. The second-order valence-corrected chi connectivity index (χ2v) is 14.3. The minimum absolute atomic E-state index is 0.0218. The normalized spacial score (nSPS) is 18.0. The van der Waals surface area contributed by atoms with E-state index in [9.17, 15) is 22.8 Å². The third-order valence-electron chi connectivity index (χ3n) is 8.59. The van der Waals surface area contributed by atoms with Crippen molar-refractivity contribution < 1.29 is 22.8 Å². The van der Waals surface area contributed by atoms with Crippen molar-refractivity contribution in [1.82, 2.24) is 14.8 Å². The van der Waals surface area contributed by atoms with Crippen LogP contribution in [0.5, 0.6) is 0 Å². The minimum Gasteiger partial charge on any atom is -0.358 e. The van der Waals surface area contributed by atoms with E-state index in [-0.39, 0.29) is 44.5 Å². The van der Waals surface area contributed by atoms with Gasteiger partial charge in [-0.25, -0.2) is 8.42 Å². The predicted octanol–water partition coefficient (Wildman–Crippen LogP) is 5.01. The van der Waals surface area contributed by atoms with Crippen LogP contribution in [0.3, 0.4) is 0 Å². The van der Waals surface area contributed by atoms with E-state index in [1.54, 1.807) is 30.3 Å². The molecule has 230 valence electrons. The van der Waals surface area contributed by atoms with Crippen molar-refractivity contribution in [1.29, 1.82) is 0 Å². The maximum absolute atomic E-state index is 13.4. The van der Waals surface area contributed by atoms with Gasteiger partial charge in [0.05, 0.1) is 16.2 Å². The van der Waals surface area contributed by atoms with Gasteiger partial charge in [0.2, 0.25) is 5.91 Å². The molecule has 9 nitrogen and oxygen atoms in total. The van der Waals surface area contributed by atoms with Crippen molar-refractivity contribution in [3.63, 3.8) is 0 Å². The zero-order valence-corrected chi connectivity index (χ0v) is 26.5. The van der Waals surface area contributed by atoms with Gasteiger partial charge in [0.25, 0.3) is 5.91 Å². The molecule has 2 amide bonds. The number of ketones is 1. The molecule has 44 heavy (non-hydrogen) atoms. The topological polar surface area (TPSA) is 120 Å². The molecule has 1 aliphatic carbocycles. The van der Waals surface area contributed by atoms with Gasteiger partial charge < -0.3 is 20.1 Å². The molecule has 1 aromatic heterocycles. The van der Waals surface area contributed by atoms with E-state index in [0.717, 1.165) is 30.8 Å². The Morgan fingerprint density at radius 2 is 1.73 bits per heavy atom. The Balaban J connectivity index is 1.33. The fraction of sp³-hybridized carbons (Fsp3) is 0.344. The standard InChI is InChI=1S/C32H32Cl2N4O5S/c1-37-12-14-38(15-13-37)30(40)11-9-20-28(35-27-6-3-7-29(39)31(20)27)17-22-21-16-19(8-10-26(21)36-32(22)41)44(42,43)18-23-24(33)4-2-5-25(23)34/h2,4-5,8,10,16-17,35H,3,6-7,9,11-15,18H2,1H3,(H,36,41)/b22-17-. The molecule has 0 bridgehead atoms. The number of anilines is 1. The average molecular weight is 656 g/mol. The van der Waals surface area contributed by atoms with Crippen LogP contribution in [-0.2, 0) is 38.0 Å². The highest BCUT2D eigenvalue weighted by atomic mass is 35.5. The van der Waals surface area contributed by atoms with Crippen molar-refractivity contribution in [3.8, 4) is 0 Å². The first-order valence-corrected chi connectivity index (χ1v) is 17.0. The molecule has 1 fully saturated rings. The molecule has 0 unspecified atom stereocenters. The van der Waals surface area contributed by atoms with E-state index < -0.39 is 15.6 Å². The Morgan fingerprint density at radius 1 is 1.00 bits per heavy atom. The number of likely N-dealkylation sites (N-methyl/N-ethyl adjacent to an activating group) is 1. The van der Waals surface area contributed by atoms with Gasteiger partial charge in [-0.2, -0.15) is 0 Å². The monoisotopic (exact) mass is 654 g/mol. The van der Waals surface area contributed by atoms with Crippen LogP contribution in [0.1, 0.15) is 57.7 Å². The van der Waals surface area contributed by atoms with Gasteiger partial charge in [0, 0.05) is 82.8 Å². The quantitative estimate of drug-likeness (QED) is 0.346. The summed E-state index contributed by atoms with van der Waals surface area (Å²) in [4.78, 5) is 46.7. The average Bonchev–Trinajstić information content (AvgIpc) is 3.50. The van der Waals surface area contributed by atoms with Crippen molar-refractivity contribution >= 4 is 68.0 Å². The zero-order valence-electron chi connectivity index (χ0n) is 24.2. The number of carbonyl (C=O) groups is 3. The molecule has 2 aliphatic heterocycles. The number of nitrogens with zero attached hydrogens (tertiary/aromatic N) is 2. The molecule has 2 N–H and O–H groups in total. The molecule has 0 saturated carbocycles. The van der Waals surface area contributed by atoms with Crippen LogP contribution in [0.4, 0.5) is 5.69 Å². The van der Waals surface area contributed by atoms with E-state index in [0.29, 0.717) is 60.4 Å². The van der Waals surface area contributed by atoms with Crippen molar-refractivity contribution in [3.05, 3.63) is 80.1 Å². The minimum atomic E-state index is -3.88. The molecule has 3 heterocycles. The largest absolute Gasteiger partial charge is 0.358 e. The summed E-state index contributed by atoms with van der Waals surface area (Å²) in [5.74, 6) is -0.728. The Kier molecular flexibility index (Phi) is 8.45. The van der Waals surface area contributed by atoms with Crippen molar-refractivity contribution in [2.24, 2.45) is 0 Å². The number of fused-ring (bicyclic) bond motifs is 2. The molecule has 6 rings (SSSR count). The Hall–Kier alpha value is -3.44. The van der Waals surface area contributed by atoms with E-state index in [4.69, 9.17) is 23.2 Å². The molecule has 12 heteroatoms. The van der Waals surface area contributed by atoms with Gasteiger partial charge in [0.15, 0.2) is 15.6 Å². The summed E-state index contributed by atoms with van der Waals surface area (Å²) in [6.45, 7) is 2.97. The van der Waals surface area contributed by atoms with Crippen molar-refractivity contribution in [2.75, 3.05) is 38.5 Å². The van der Waals surface area contributed by atoms with Crippen LogP contribution in [0.15, 0.2) is 41.3 Å². The predicted molar refractivity (Wildman–Crippen MR) is 171 cm³/mol. The maximum Gasteiger partial charge on any atom is 0.256 e. The number of halogens is 2. The smallest absolute Gasteiger partial charge is 0.256 e. The molecule has 3 aliphatic rings. The molecule has 0 radical (unpaired) electrons. The molecule has 0 spiro atoms. The lowest BCUT2D eigenvalue weighted by Crippen LogP contribution is -2.47. The number of sulfone groups is 1. The summed E-state index contributed by atoms with van der Waals surface area (Å²) in [5, 5.41) is 3.32. The number of piperazine rings is 1. The van der Waals surface area contributed by atoms with Crippen molar-refractivity contribution in [2.45, 2.75) is 42.8 Å². The first kappa shape index (κ1) is 30.6. The van der Waals surface area contributed by atoms with Crippen LogP contribution in [0, 0.1) is 0 Å². The van der Waals surface area contributed by atoms with Gasteiger partial charge in [0.1, 0.15) is 0 Å². The molecule has 0 atom stereocenters. The highest BCUT2D eigenvalue weighted by Gasteiger charge is 2.31. The Labute approximate surface area is 266 Å². The molecule has 3 aromatic rings. The molecular weight excluding hydrogens is 623 g/mol. The number of benzene rings is 2. The fourth-order valence-corrected chi connectivity index (χ4v) is 8.23. The highest BCUT2D eigenvalue weighted by molar-refractivity contribution is 7.90. The van der Waals surface area contributed by atoms with E-state index in [1.165, 1.54) is 12.1 Å². The second kappa shape index (κ2) is 12.2. The lowest BCUT2D eigenvalue weighted by molar-refractivity contribution is -0.132. The number of amides is 2. The van der Waals surface area contributed by atoms with E-state index in [1.807, 2.05) is 11.9 Å². The number of carbonyl (C=O) groups excluding carboxylic acids is 3. The number of hydrogen-bond acceptors (Lipinski definition) is 6. The third kappa shape index (κ3) is 5.96. The molecule has 1 saturated heterocycles. The van der Waals surface area contributed by atoms with Crippen LogP contribution in [-0.4, -0.2) is 74.0 Å². The Bertz CT molecular complexity index is 1800. The number of nitrogens with one attached hydrogen (secondary N) is 2.